The van der Waals surface area contributed by atoms with Crippen LogP contribution in [0.4, 0.5) is 0 Å². The molecule has 0 aliphatic carbocycles. The lowest BCUT2D eigenvalue weighted by molar-refractivity contribution is -0.129. The van der Waals surface area contributed by atoms with E-state index in [9.17, 15) is 9.59 Å². The van der Waals surface area contributed by atoms with Crippen LogP contribution in [0.25, 0.3) is 20.3 Å². The first-order valence-corrected chi connectivity index (χ1v) is 14.0. The second-order valence-corrected chi connectivity index (χ2v) is 11.3. The number of hydrogen-bond acceptors (Lipinski definition) is 7. The highest BCUT2D eigenvalue weighted by molar-refractivity contribution is 7.99. The van der Waals surface area contributed by atoms with Gasteiger partial charge >= 0.3 is 0 Å². The molecule has 0 spiro atoms. The van der Waals surface area contributed by atoms with Crippen LogP contribution >= 0.6 is 23.1 Å². The molecule has 7 nitrogen and oxygen atoms in total. The molecule has 1 amide bonds. The fourth-order valence-electron chi connectivity index (χ4n) is 4.71. The Balaban J connectivity index is 1.38. The number of morpholine rings is 1. The number of piperidine rings is 1. The number of carbonyl (C=O) groups excluding carboxylic acids is 1. The van der Waals surface area contributed by atoms with Gasteiger partial charge in [-0.25, -0.2) is 4.98 Å². The van der Waals surface area contributed by atoms with Gasteiger partial charge in [-0.3, -0.25) is 19.1 Å². The molecule has 2 aromatic heterocycles. The van der Waals surface area contributed by atoms with Crippen molar-refractivity contribution >= 4 is 49.3 Å². The molecule has 0 atom stereocenters. The lowest BCUT2D eigenvalue weighted by atomic mass is 9.99. The molecule has 0 bridgehead atoms. The van der Waals surface area contributed by atoms with Crippen LogP contribution in [-0.4, -0.2) is 76.9 Å². The summed E-state index contributed by atoms with van der Waals surface area (Å²) in [7, 11) is 0. The molecule has 0 radical (unpaired) electrons. The van der Waals surface area contributed by atoms with Crippen LogP contribution in [0.2, 0.25) is 0 Å². The standard InChI is InChI=1S/C25H32N4O3S2/c1-18-7-11-28(12-8-18)21(30)17-33-25-26-22-19-5-2-3-6-20(19)34-23(22)24(31)29(25)10-4-9-27-13-15-32-16-14-27/h2-3,5-6,18H,4,7-17H2,1H3. The molecule has 4 heterocycles. The molecular formula is C25H32N4O3S2. The van der Waals surface area contributed by atoms with Crippen molar-refractivity contribution in [1.29, 1.82) is 0 Å². The third-order valence-corrected chi connectivity index (χ3v) is 8.98. The van der Waals surface area contributed by atoms with Crippen LogP contribution in [0.15, 0.2) is 34.2 Å². The van der Waals surface area contributed by atoms with Crippen molar-refractivity contribution in [2.45, 2.75) is 37.9 Å². The van der Waals surface area contributed by atoms with Gasteiger partial charge in [0.2, 0.25) is 5.91 Å². The fraction of sp³-hybridized carbons (Fsp3) is 0.560. The van der Waals surface area contributed by atoms with Crippen molar-refractivity contribution in [2.75, 3.05) is 51.7 Å². The van der Waals surface area contributed by atoms with E-state index in [0.717, 1.165) is 80.8 Å². The largest absolute Gasteiger partial charge is 0.379 e. The number of amides is 1. The summed E-state index contributed by atoms with van der Waals surface area (Å²) in [5.41, 5.74) is 0.770. The maximum Gasteiger partial charge on any atom is 0.272 e. The van der Waals surface area contributed by atoms with Gasteiger partial charge in [-0.2, -0.15) is 0 Å². The van der Waals surface area contributed by atoms with Gasteiger partial charge < -0.3 is 9.64 Å². The molecule has 182 valence electrons. The molecule has 2 saturated heterocycles. The summed E-state index contributed by atoms with van der Waals surface area (Å²) in [6.45, 7) is 8.85. The number of fused-ring (bicyclic) bond motifs is 3. The van der Waals surface area contributed by atoms with Gasteiger partial charge in [-0.15, -0.1) is 11.3 Å². The van der Waals surface area contributed by atoms with Crippen LogP contribution in [0, 0.1) is 5.92 Å². The van der Waals surface area contributed by atoms with E-state index >= 15 is 0 Å². The fourth-order valence-corrected chi connectivity index (χ4v) is 6.73. The Morgan fingerprint density at radius 1 is 1.15 bits per heavy atom. The van der Waals surface area contributed by atoms with E-state index in [1.165, 1.54) is 23.1 Å². The average molecular weight is 501 g/mol. The van der Waals surface area contributed by atoms with Gasteiger partial charge in [0.05, 0.1) is 24.5 Å². The van der Waals surface area contributed by atoms with Crippen LogP contribution in [0.3, 0.4) is 0 Å². The first-order valence-electron chi connectivity index (χ1n) is 12.2. The summed E-state index contributed by atoms with van der Waals surface area (Å²) in [5.74, 6) is 1.14. The molecule has 9 heteroatoms. The second-order valence-electron chi connectivity index (χ2n) is 9.29. The number of thiophene rings is 1. The molecule has 5 rings (SSSR count). The zero-order chi connectivity index (χ0) is 23.5. The van der Waals surface area contributed by atoms with Gasteiger partial charge in [0.25, 0.3) is 5.56 Å². The molecule has 0 saturated carbocycles. The van der Waals surface area contributed by atoms with E-state index in [1.807, 2.05) is 29.2 Å². The minimum Gasteiger partial charge on any atom is -0.379 e. The quantitative estimate of drug-likeness (QED) is 0.364. The summed E-state index contributed by atoms with van der Waals surface area (Å²) >= 11 is 2.92. The molecule has 3 aromatic rings. The molecular weight excluding hydrogens is 468 g/mol. The van der Waals surface area contributed by atoms with Crippen LogP contribution in [-0.2, 0) is 16.1 Å². The molecule has 2 aliphatic rings. The number of benzene rings is 1. The van der Waals surface area contributed by atoms with E-state index in [0.29, 0.717) is 28.1 Å². The second kappa shape index (κ2) is 10.8. The average Bonchev–Trinajstić information content (AvgIpc) is 3.24. The Hall–Kier alpha value is -1.94. The van der Waals surface area contributed by atoms with Gasteiger partial charge in [0.1, 0.15) is 4.70 Å². The first-order chi connectivity index (χ1) is 16.6. The van der Waals surface area contributed by atoms with Crippen molar-refractivity contribution in [3.63, 3.8) is 0 Å². The number of carbonyl (C=O) groups is 1. The van der Waals surface area contributed by atoms with E-state index in [4.69, 9.17) is 9.72 Å². The predicted octanol–water partition coefficient (Wildman–Crippen LogP) is 3.68. The smallest absolute Gasteiger partial charge is 0.272 e. The van der Waals surface area contributed by atoms with E-state index in [2.05, 4.69) is 11.8 Å². The normalized spacial score (nSPS) is 18.2. The number of aromatic nitrogens is 2. The molecule has 2 aliphatic heterocycles. The Kier molecular flexibility index (Phi) is 7.53. The number of rotatable bonds is 7. The maximum absolute atomic E-state index is 13.6. The molecule has 2 fully saturated rings. The third-order valence-electron chi connectivity index (χ3n) is 6.87. The van der Waals surface area contributed by atoms with Crippen molar-refractivity contribution in [1.82, 2.24) is 19.4 Å². The number of nitrogens with zero attached hydrogens (tertiary/aromatic N) is 4. The predicted molar refractivity (Wildman–Crippen MR) is 139 cm³/mol. The van der Waals surface area contributed by atoms with Crippen LogP contribution in [0.1, 0.15) is 26.2 Å². The highest BCUT2D eigenvalue weighted by atomic mass is 32.2. The number of likely N-dealkylation sites (tertiary alicyclic amines) is 1. The molecule has 34 heavy (non-hydrogen) atoms. The summed E-state index contributed by atoms with van der Waals surface area (Å²) in [6.07, 6.45) is 2.99. The van der Waals surface area contributed by atoms with Crippen LogP contribution in [0.5, 0.6) is 0 Å². The van der Waals surface area contributed by atoms with Gasteiger partial charge in [-0.1, -0.05) is 36.9 Å². The highest BCUT2D eigenvalue weighted by Gasteiger charge is 2.22. The number of ether oxygens (including phenoxy) is 1. The van der Waals surface area contributed by atoms with E-state index in [-0.39, 0.29) is 11.5 Å². The summed E-state index contributed by atoms with van der Waals surface area (Å²) < 4.78 is 9.02. The zero-order valence-electron chi connectivity index (χ0n) is 19.7. The number of thioether (sulfide) groups is 1. The number of hydrogen-bond donors (Lipinski definition) is 0. The van der Waals surface area contributed by atoms with Crippen molar-refractivity contribution in [3.05, 3.63) is 34.6 Å². The molecule has 1 aromatic carbocycles. The van der Waals surface area contributed by atoms with Gasteiger partial charge in [-0.05, 0) is 31.2 Å². The van der Waals surface area contributed by atoms with E-state index in [1.54, 1.807) is 4.57 Å². The SMILES string of the molecule is CC1CCN(C(=O)CSc2nc3c(sc4ccccc43)c(=O)n2CCCN2CCOCC2)CC1. The Bertz CT molecular complexity index is 1210. The topological polar surface area (TPSA) is 67.7 Å². The van der Waals surface area contributed by atoms with Gasteiger partial charge in [0.15, 0.2) is 5.16 Å². The van der Waals surface area contributed by atoms with Gasteiger partial charge in [0, 0.05) is 49.4 Å². The van der Waals surface area contributed by atoms with Crippen molar-refractivity contribution < 1.29 is 9.53 Å². The lowest BCUT2D eigenvalue weighted by Crippen LogP contribution is -2.39. The lowest BCUT2D eigenvalue weighted by Gasteiger charge is -2.30. The Labute approximate surface area is 208 Å². The third kappa shape index (κ3) is 5.17. The summed E-state index contributed by atoms with van der Waals surface area (Å²) in [5, 5.41) is 1.67. The molecule has 0 unspecified atom stereocenters. The summed E-state index contributed by atoms with van der Waals surface area (Å²) in [6, 6.07) is 8.04. The van der Waals surface area contributed by atoms with Crippen molar-refractivity contribution in [3.8, 4) is 0 Å². The summed E-state index contributed by atoms with van der Waals surface area (Å²) in [4.78, 5) is 35.8. The van der Waals surface area contributed by atoms with Crippen LogP contribution < -0.4 is 5.56 Å². The Morgan fingerprint density at radius 2 is 1.91 bits per heavy atom. The Morgan fingerprint density at radius 3 is 2.71 bits per heavy atom. The van der Waals surface area contributed by atoms with Crippen molar-refractivity contribution in [2.24, 2.45) is 5.92 Å². The van der Waals surface area contributed by atoms with E-state index < -0.39 is 0 Å². The monoisotopic (exact) mass is 500 g/mol. The minimum absolute atomic E-state index is 0.00919. The highest BCUT2D eigenvalue weighted by Crippen LogP contribution is 2.32. The molecule has 0 N–H and O–H groups in total. The minimum atomic E-state index is 0.00919. The zero-order valence-corrected chi connectivity index (χ0v) is 21.3. The first kappa shape index (κ1) is 23.8. The maximum atomic E-state index is 13.6.